The van der Waals surface area contributed by atoms with Crippen LogP contribution in [0.1, 0.15) is 316 Å². The zero-order chi connectivity index (χ0) is 45.8. The Morgan fingerprint density at radius 1 is 0.302 bits per heavy atom. The van der Waals surface area contributed by atoms with Crippen LogP contribution in [0.3, 0.4) is 0 Å². The summed E-state index contributed by atoms with van der Waals surface area (Å²) in [6, 6.07) is 0. The fourth-order valence-electron chi connectivity index (χ4n) is 8.50. The molecule has 63 heavy (non-hydrogen) atoms. The Labute approximate surface area is 392 Å². The lowest BCUT2D eigenvalue weighted by Gasteiger charge is -2.18. The molecule has 372 valence electrons. The molecule has 6 nitrogen and oxygen atoms in total. The molecule has 0 aliphatic heterocycles. The summed E-state index contributed by atoms with van der Waals surface area (Å²) >= 11 is 0. The van der Waals surface area contributed by atoms with Gasteiger partial charge in [0.05, 0.1) is 0 Å². The number of unbranched alkanes of at least 4 members (excludes halogenated alkanes) is 39. The maximum Gasteiger partial charge on any atom is 0.306 e. The quantitative estimate of drug-likeness (QED) is 0.0262. The molecule has 0 amide bonds. The first kappa shape index (κ1) is 61.1. The number of allylic oxidation sites excluding steroid dienone is 2. The summed E-state index contributed by atoms with van der Waals surface area (Å²) in [5.74, 6) is -0.853. The largest absolute Gasteiger partial charge is 0.462 e. The number of carbonyl (C=O) groups is 3. The van der Waals surface area contributed by atoms with Gasteiger partial charge in [-0.3, -0.25) is 14.4 Å². The predicted octanol–water partition coefficient (Wildman–Crippen LogP) is 18.5. The summed E-state index contributed by atoms with van der Waals surface area (Å²) in [5, 5.41) is 0. The number of hydrogen-bond donors (Lipinski definition) is 0. The van der Waals surface area contributed by atoms with E-state index in [-0.39, 0.29) is 31.1 Å². The van der Waals surface area contributed by atoms with Crippen molar-refractivity contribution in [2.75, 3.05) is 13.2 Å². The van der Waals surface area contributed by atoms with E-state index in [0.29, 0.717) is 19.3 Å². The molecule has 6 heteroatoms. The van der Waals surface area contributed by atoms with Crippen LogP contribution in [-0.2, 0) is 28.6 Å². The smallest absolute Gasteiger partial charge is 0.306 e. The molecule has 0 aromatic heterocycles. The van der Waals surface area contributed by atoms with Crippen molar-refractivity contribution in [2.45, 2.75) is 322 Å². The maximum absolute atomic E-state index is 12.8. The number of ether oxygens (including phenoxy) is 3. The van der Waals surface area contributed by atoms with Crippen molar-refractivity contribution in [1.82, 2.24) is 0 Å². The summed E-state index contributed by atoms with van der Waals surface area (Å²) < 4.78 is 16.9. The molecule has 0 spiro atoms. The maximum atomic E-state index is 12.8. The van der Waals surface area contributed by atoms with E-state index >= 15 is 0 Å². The van der Waals surface area contributed by atoms with Gasteiger partial charge in [-0.2, -0.15) is 0 Å². The first-order valence-electron chi connectivity index (χ1n) is 28.2. The van der Waals surface area contributed by atoms with Gasteiger partial charge in [0.15, 0.2) is 6.10 Å². The molecular weight excluding hydrogens is 781 g/mol. The SMILES string of the molecule is CCCCC/C=C\CCCCCCCC(=O)OC[C@H](COC(=O)CCCCCCCCCCCCCCCCCCC)OC(=O)CCCCCCCCCCCCCCCCCC. The van der Waals surface area contributed by atoms with Crippen molar-refractivity contribution in [2.24, 2.45) is 0 Å². The van der Waals surface area contributed by atoms with E-state index in [2.05, 4.69) is 32.9 Å². The van der Waals surface area contributed by atoms with E-state index in [9.17, 15) is 14.4 Å². The fourth-order valence-corrected chi connectivity index (χ4v) is 8.50. The molecule has 0 aliphatic rings. The average molecular weight is 889 g/mol. The van der Waals surface area contributed by atoms with Gasteiger partial charge in [0.1, 0.15) is 13.2 Å². The first-order valence-corrected chi connectivity index (χ1v) is 28.2. The second-order valence-corrected chi connectivity index (χ2v) is 19.2. The predicted molar refractivity (Wildman–Crippen MR) is 270 cm³/mol. The highest BCUT2D eigenvalue weighted by Gasteiger charge is 2.19. The topological polar surface area (TPSA) is 78.9 Å². The summed E-state index contributed by atoms with van der Waals surface area (Å²) in [6.45, 7) is 6.66. The molecule has 0 bridgehead atoms. The van der Waals surface area contributed by atoms with Crippen LogP contribution in [0.5, 0.6) is 0 Å². The highest BCUT2D eigenvalue weighted by Crippen LogP contribution is 2.17. The molecule has 0 heterocycles. The van der Waals surface area contributed by atoms with E-state index in [1.807, 2.05) is 0 Å². The summed E-state index contributed by atoms with van der Waals surface area (Å²) in [4.78, 5) is 38.1. The molecular formula is C57H108O6. The zero-order valence-corrected chi connectivity index (χ0v) is 42.6. The third-order valence-electron chi connectivity index (χ3n) is 12.8. The first-order chi connectivity index (χ1) is 31.0. The highest BCUT2D eigenvalue weighted by molar-refractivity contribution is 5.71. The lowest BCUT2D eigenvalue weighted by atomic mass is 10.0. The molecule has 0 aliphatic carbocycles. The minimum absolute atomic E-state index is 0.0666. The Morgan fingerprint density at radius 2 is 0.524 bits per heavy atom. The molecule has 0 unspecified atom stereocenters. The molecule has 0 aromatic carbocycles. The molecule has 0 N–H and O–H groups in total. The normalized spacial score (nSPS) is 12.0. The molecule has 0 fully saturated rings. The number of rotatable bonds is 52. The van der Waals surface area contributed by atoms with Gasteiger partial charge in [0.25, 0.3) is 0 Å². The van der Waals surface area contributed by atoms with Gasteiger partial charge in [0, 0.05) is 19.3 Å². The Bertz CT molecular complexity index is 978. The average Bonchev–Trinajstić information content (AvgIpc) is 3.28. The minimum atomic E-state index is -0.767. The van der Waals surface area contributed by atoms with Gasteiger partial charge in [0.2, 0.25) is 0 Å². The van der Waals surface area contributed by atoms with Crippen molar-refractivity contribution in [3.8, 4) is 0 Å². The monoisotopic (exact) mass is 889 g/mol. The van der Waals surface area contributed by atoms with E-state index in [1.54, 1.807) is 0 Å². The number of carbonyl (C=O) groups excluding carboxylic acids is 3. The summed E-state index contributed by atoms with van der Waals surface area (Å²) in [6.07, 6.45) is 59.1. The third-order valence-corrected chi connectivity index (χ3v) is 12.8. The van der Waals surface area contributed by atoms with Crippen LogP contribution in [0.15, 0.2) is 12.2 Å². The highest BCUT2D eigenvalue weighted by atomic mass is 16.6. The van der Waals surface area contributed by atoms with Gasteiger partial charge < -0.3 is 14.2 Å². The number of esters is 3. The summed E-state index contributed by atoms with van der Waals surface area (Å²) in [5.41, 5.74) is 0. The van der Waals surface area contributed by atoms with Crippen molar-refractivity contribution in [3.05, 3.63) is 12.2 Å². The van der Waals surface area contributed by atoms with Crippen LogP contribution in [0.4, 0.5) is 0 Å². The van der Waals surface area contributed by atoms with Crippen LogP contribution in [-0.4, -0.2) is 37.2 Å². The van der Waals surface area contributed by atoms with E-state index < -0.39 is 6.10 Å². The van der Waals surface area contributed by atoms with Gasteiger partial charge in [-0.1, -0.05) is 264 Å². The van der Waals surface area contributed by atoms with Crippen LogP contribution in [0.2, 0.25) is 0 Å². The Kier molecular flexibility index (Phi) is 51.2. The zero-order valence-electron chi connectivity index (χ0n) is 42.6. The van der Waals surface area contributed by atoms with Crippen LogP contribution < -0.4 is 0 Å². The van der Waals surface area contributed by atoms with E-state index in [4.69, 9.17) is 14.2 Å². The summed E-state index contributed by atoms with van der Waals surface area (Å²) in [7, 11) is 0. The molecule has 0 saturated carbocycles. The molecule has 0 aromatic rings. The minimum Gasteiger partial charge on any atom is -0.462 e. The molecule has 0 radical (unpaired) electrons. The van der Waals surface area contributed by atoms with Crippen LogP contribution >= 0.6 is 0 Å². The second-order valence-electron chi connectivity index (χ2n) is 19.2. The van der Waals surface area contributed by atoms with Crippen molar-refractivity contribution in [1.29, 1.82) is 0 Å². The fraction of sp³-hybridized carbons (Fsp3) is 0.912. The van der Waals surface area contributed by atoms with Crippen LogP contribution in [0, 0.1) is 0 Å². The van der Waals surface area contributed by atoms with Gasteiger partial charge in [-0.05, 0) is 44.9 Å². The van der Waals surface area contributed by atoms with E-state index in [1.165, 1.54) is 212 Å². The van der Waals surface area contributed by atoms with Gasteiger partial charge in [-0.15, -0.1) is 0 Å². The number of hydrogen-bond acceptors (Lipinski definition) is 6. The Hall–Kier alpha value is -1.85. The van der Waals surface area contributed by atoms with Crippen LogP contribution in [0.25, 0.3) is 0 Å². The molecule has 0 saturated heterocycles. The Morgan fingerprint density at radius 3 is 0.825 bits per heavy atom. The van der Waals surface area contributed by atoms with E-state index in [0.717, 1.165) is 64.2 Å². The second kappa shape index (κ2) is 52.8. The van der Waals surface area contributed by atoms with Crippen molar-refractivity contribution in [3.63, 3.8) is 0 Å². The molecule has 0 rings (SSSR count). The van der Waals surface area contributed by atoms with Gasteiger partial charge in [-0.25, -0.2) is 0 Å². The van der Waals surface area contributed by atoms with Crippen molar-refractivity contribution < 1.29 is 28.6 Å². The molecule has 1 atom stereocenters. The Balaban J connectivity index is 4.29. The lowest BCUT2D eigenvalue weighted by molar-refractivity contribution is -0.167. The standard InChI is InChI=1S/C57H108O6/c1-4-7-10-13-16-19-22-25-27-29-31-32-35-38-41-44-47-50-56(59)62-53-54(52-61-55(58)49-46-43-40-37-34-24-21-18-15-12-9-6-3)63-57(60)51-48-45-42-39-36-33-30-28-26-23-20-17-14-11-8-5-2/h18,21,54H,4-17,19-20,22-53H2,1-3H3/b21-18-/t54-/m1/s1. The van der Waals surface area contributed by atoms with Gasteiger partial charge >= 0.3 is 17.9 Å². The third kappa shape index (κ3) is 51.0. The lowest BCUT2D eigenvalue weighted by Crippen LogP contribution is -2.30. The van der Waals surface area contributed by atoms with Crippen molar-refractivity contribution >= 4 is 17.9 Å².